The zero-order valence-electron chi connectivity index (χ0n) is 15.2. The molecule has 2 aromatic carbocycles. The molecule has 150 valence electrons. The summed E-state index contributed by atoms with van der Waals surface area (Å²) in [5, 5.41) is 28.9. The zero-order chi connectivity index (χ0) is 21.3. The van der Waals surface area contributed by atoms with Gasteiger partial charge in [-0.25, -0.2) is 4.79 Å². The number of carboxylic acid groups (broad SMARTS) is 1. The summed E-state index contributed by atoms with van der Waals surface area (Å²) in [7, 11) is 2.78. The quantitative estimate of drug-likeness (QED) is 0.483. The number of hydrogen-bond acceptors (Lipinski definition) is 8. The maximum atomic E-state index is 12.9. The molecule has 10 heteroatoms. The van der Waals surface area contributed by atoms with Crippen molar-refractivity contribution in [2.45, 2.75) is 0 Å². The fourth-order valence-electron chi connectivity index (χ4n) is 2.67. The van der Waals surface area contributed by atoms with Gasteiger partial charge in [0.1, 0.15) is 11.3 Å². The molecule has 1 heterocycles. The van der Waals surface area contributed by atoms with Crippen molar-refractivity contribution >= 4 is 51.9 Å². The number of carboxylic acids is 1. The fraction of sp³-hybridized carbons (Fsp3) is 0.105. The van der Waals surface area contributed by atoms with Crippen LogP contribution in [0.25, 0.3) is 6.08 Å². The van der Waals surface area contributed by atoms with Crippen LogP contribution in [0.2, 0.25) is 0 Å². The monoisotopic (exact) mass is 433 g/mol. The van der Waals surface area contributed by atoms with Gasteiger partial charge in [0, 0.05) is 0 Å². The first-order valence-corrected chi connectivity index (χ1v) is 9.28. The second-order valence-electron chi connectivity index (χ2n) is 5.80. The molecule has 0 atom stereocenters. The molecule has 0 aliphatic carbocycles. The Hall–Kier alpha value is -3.24. The molecule has 0 spiro atoms. The summed E-state index contributed by atoms with van der Waals surface area (Å²) in [5.41, 5.74) is 0.425. The van der Waals surface area contributed by atoms with E-state index in [1.54, 1.807) is 6.08 Å². The Bertz CT molecular complexity index is 1040. The first-order valence-electron chi connectivity index (χ1n) is 8.06. The molecule has 1 saturated heterocycles. The Balaban J connectivity index is 2.00. The third-order valence-electron chi connectivity index (χ3n) is 4.06. The van der Waals surface area contributed by atoms with E-state index in [0.717, 1.165) is 11.8 Å². The van der Waals surface area contributed by atoms with E-state index in [1.807, 2.05) is 0 Å². The van der Waals surface area contributed by atoms with Crippen LogP contribution in [-0.4, -0.2) is 45.7 Å². The second-order valence-corrected chi connectivity index (χ2v) is 7.47. The van der Waals surface area contributed by atoms with Gasteiger partial charge in [0.05, 0.1) is 24.8 Å². The molecule has 29 heavy (non-hydrogen) atoms. The van der Waals surface area contributed by atoms with Crippen molar-refractivity contribution in [1.82, 2.24) is 0 Å². The van der Waals surface area contributed by atoms with Crippen LogP contribution in [-0.2, 0) is 4.79 Å². The van der Waals surface area contributed by atoms with E-state index in [4.69, 9.17) is 21.7 Å². The molecule has 0 radical (unpaired) electrons. The van der Waals surface area contributed by atoms with Gasteiger partial charge in [-0.05, 0) is 42.0 Å². The van der Waals surface area contributed by atoms with Crippen molar-refractivity contribution in [3.05, 3.63) is 46.4 Å². The topological polar surface area (TPSA) is 117 Å². The highest BCUT2D eigenvalue weighted by Crippen LogP contribution is 2.40. The molecule has 0 bridgehead atoms. The van der Waals surface area contributed by atoms with Crippen molar-refractivity contribution < 1.29 is 34.4 Å². The number of hydrogen-bond donors (Lipinski definition) is 3. The molecule has 3 N–H and O–H groups in total. The average molecular weight is 433 g/mol. The van der Waals surface area contributed by atoms with E-state index < -0.39 is 17.6 Å². The number of phenols is 2. The SMILES string of the molecule is COc1cc(/C=C2\SC(=S)N(c3ccc(O)c(C(=O)O)c3)C2=O)cc(OC)c1O. The Kier molecular flexibility index (Phi) is 5.66. The van der Waals surface area contributed by atoms with E-state index in [-0.39, 0.29) is 37.7 Å². The van der Waals surface area contributed by atoms with Gasteiger partial charge in [-0.2, -0.15) is 0 Å². The Labute approximate surface area is 175 Å². The van der Waals surface area contributed by atoms with E-state index in [0.29, 0.717) is 5.56 Å². The van der Waals surface area contributed by atoms with Crippen molar-refractivity contribution in [3.63, 3.8) is 0 Å². The number of methoxy groups -OCH3 is 2. The molecular weight excluding hydrogens is 418 g/mol. The second kappa shape index (κ2) is 8.02. The Morgan fingerprint density at radius 3 is 2.31 bits per heavy atom. The van der Waals surface area contributed by atoms with Crippen LogP contribution in [0.3, 0.4) is 0 Å². The molecular formula is C19H15NO7S2. The normalized spacial score (nSPS) is 15.1. The lowest BCUT2D eigenvalue weighted by Crippen LogP contribution is -2.27. The van der Waals surface area contributed by atoms with Crippen LogP contribution in [0.5, 0.6) is 23.0 Å². The first-order chi connectivity index (χ1) is 13.8. The van der Waals surface area contributed by atoms with Gasteiger partial charge >= 0.3 is 5.97 Å². The number of aromatic hydroxyl groups is 2. The van der Waals surface area contributed by atoms with E-state index in [9.17, 15) is 24.9 Å². The average Bonchev–Trinajstić information content (AvgIpc) is 2.96. The molecule has 0 saturated carbocycles. The summed E-state index contributed by atoms with van der Waals surface area (Å²) in [6.45, 7) is 0. The number of nitrogens with zero attached hydrogens (tertiary/aromatic N) is 1. The van der Waals surface area contributed by atoms with Gasteiger partial charge in [-0.15, -0.1) is 0 Å². The summed E-state index contributed by atoms with van der Waals surface area (Å²) >= 11 is 6.32. The van der Waals surface area contributed by atoms with E-state index in [2.05, 4.69) is 0 Å². The molecule has 1 amide bonds. The summed E-state index contributed by atoms with van der Waals surface area (Å²) in [4.78, 5) is 25.6. The van der Waals surface area contributed by atoms with Crippen molar-refractivity contribution in [2.75, 3.05) is 19.1 Å². The smallest absolute Gasteiger partial charge is 0.339 e. The van der Waals surface area contributed by atoms with Crippen LogP contribution in [0, 0.1) is 0 Å². The summed E-state index contributed by atoms with van der Waals surface area (Å²) in [6, 6.07) is 6.85. The van der Waals surface area contributed by atoms with Gasteiger partial charge in [-0.3, -0.25) is 9.69 Å². The van der Waals surface area contributed by atoms with Gasteiger partial charge in [0.15, 0.2) is 15.8 Å². The minimum absolute atomic E-state index is 0.162. The largest absolute Gasteiger partial charge is 0.507 e. The molecule has 0 unspecified atom stereocenters. The number of anilines is 1. The molecule has 3 rings (SSSR count). The van der Waals surface area contributed by atoms with Crippen molar-refractivity contribution in [3.8, 4) is 23.0 Å². The predicted octanol–water partition coefficient (Wildman–Crippen LogP) is 3.22. The number of ether oxygens (including phenoxy) is 2. The number of amides is 1. The van der Waals surface area contributed by atoms with Crippen LogP contribution >= 0.6 is 24.0 Å². The maximum absolute atomic E-state index is 12.9. The van der Waals surface area contributed by atoms with Crippen LogP contribution < -0.4 is 14.4 Å². The van der Waals surface area contributed by atoms with Crippen LogP contribution in [0.15, 0.2) is 35.2 Å². The highest BCUT2D eigenvalue weighted by molar-refractivity contribution is 8.27. The maximum Gasteiger partial charge on any atom is 0.339 e. The molecule has 1 aliphatic heterocycles. The Morgan fingerprint density at radius 2 is 1.76 bits per heavy atom. The number of benzene rings is 2. The van der Waals surface area contributed by atoms with Crippen molar-refractivity contribution in [2.24, 2.45) is 0 Å². The summed E-state index contributed by atoms with van der Waals surface area (Å²) in [6.07, 6.45) is 1.56. The number of carbonyl (C=O) groups excluding carboxylic acids is 1. The first kappa shape index (κ1) is 20.5. The molecule has 1 aliphatic rings. The zero-order valence-corrected chi connectivity index (χ0v) is 16.8. The molecule has 8 nitrogen and oxygen atoms in total. The van der Waals surface area contributed by atoms with Gasteiger partial charge in [0.2, 0.25) is 5.75 Å². The molecule has 1 fully saturated rings. The standard InChI is InChI=1S/C19H15NO7S2/c1-26-13-5-9(6-14(27-2)16(13)22)7-15-17(23)20(19(28)29-15)10-3-4-12(21)11(8-10)18(24)25/h3-8,21-22H,1-2H3,(H,24,25)/b15-7-. The predicted molar refractivity (Wildman–Crippen MR) is 112 cm³/mol. The summed E-state index contributed by atoms with van der Waals surface area (Å²) in [5.74, 6) is -2.00. The number of carbonyl (C=O) groups is 2. The highest BCUT2D eigenvalue weighted by atomic mass is 32.2. The number of thiocarbonyl (C=S) groups is 1. The minimum Gasteiger partial charge on any atom is -0.507 e. The lowest BCUT2D eigenvalue weighted by atomic mass is 10.1. The summed E-state index contributed by atoms with van der Waals surface area (Å²) < 4.78 is 10.4. The van der Waals surface area contributed by atoms with E-state index in [1.165, 1.54) is 49.5 Å². The van der Waals surface area contributed by atoms with E-state index >= 15 is 0 Å². The Morgan fingerprint density at radius 1 is 1.14 bits per heavy atom. The van der Waals surface area contributed by atoms with Crippen LogP contribution in [0.1, 0.15) is 15.9 Å². The lowest BCUT2D eigenvalue weighted by molar-refractivity contribution is -0.113. The van der Waals surface area contributed by atoms with Crippen molar-refractivity contribution in [1.29, 1.82) is 0 Å². The number of aromatic carboxylic acids is 1. The molecule has 0 aromatic heterocycles. The third-order valence-corrected chi connectivity index (χ3v) is 5.36. The molecule has 2 aromatic rings. The lowest BCUT2D eigenvalue weighted by Gasteiger charge is -2.15. The van der Waals surface area contributed by atoms with Crippen LogP contribution in [0.4, 0.5) is 5.69 Å². The number of phenolic OH excluding ortho intramolecular Hbond substituents is 1. The number of rotatable bonds is 5. The number of thioether (sulfide) groups is 1. The van der Waals surface area contributed by atoms with Gasteiger partial charge in [-0.1, -0.05) is 24.0 Å². The highest BCUT2D eigenvalue weighted by Gasteiger charge is 2.34. The van der Waals surface area contributed by atoms with Gasteiger partial charge in [0.25, 0.3) is 5.91 Å². The third kappa shape index (κ3) is 3.84. The minimum atomic E-state index is -1.33. The van der Waals surface area contributed by atoms with Gasteiger partial charge < -0.3 is 24.8 Å². The fourth-order valence-corrected chi connectivity index (χ4v) is 3.97.